The first-order valence-electron chi connectivity index (χ1n) is 14.0. The molecule has 1 amide bonds. The number of nitrogens with one attached hydrogen (secondary N) is 1. The normalized spacial score (nSPS) is 40.8. The number of hydrogen-bond acceptors (Lipinski definition) is 2. The van der Waals surface area contributed by atoms with Crippen LogP contribution in [-0.4, -0.2) is 12.2 Å². The van der Waals surface area contributed by atoms with Gasteiger partial charge in [-0.15, -0.1) is 0 Å². The molecule has 0 saturated heterocycles. The highest BCUT2D eigenvalue weighted by atomic mass is 16.6. The lowest BCUT2D eigenvalue weighted by Crippen LogP contribution is -2.51. The number of alkyl carbamates (subject to hydrolysis) is 1. The molecule has 0 aromatic rings. The molecule has 8 atom stereocenters. The first-order valence-corrected chi connectivity index (χ1v) is 14.0. The van der Waals surface area contributed by atoms with Gasteiger partial charge in [-0.05, 0) is 97.5 Å². The Kier molecular flexibility index (Phi) is 7.37. The number of allylic oxidation sites excluding steroid dienone is 1. The summed E-state index contributed by atoms with van der Waals surface area (Å²) in [6.45, 7) is 16.1. The number of amides is 1. The molecular formula is C30H49NO2. The highest BCUT2D eigenvalue weighted by Gasteiger charge is 2.59. The fourth-order valence-electron chi connectivity index (χ4n) is 9.02. The quantitative estimate of drug-likeness (QED) is 0.392. The zero-order valence-corrected chi connectivity index (χ0v) is 22.0. The summed E-state index contributed by atoms with van der Waals surface area (Å²) in [6, 6.07) is 0. The third kappa shape index (κ3) is 4.67. The summed E-state index contributed by atoms with van der Waals surface area (Å²) in [6.07, 6.45) is 17.9. The van der Waals surface area contributed by atoms with Crippen LogP contribution >= 0.6 is 0 Å². The largest absolute Gasteiger partial charge is 0.446 e. The highest BCUT2D eigenvalue weighted by molar-refractivity contribution is 5.68. The third-order valence-corrected chi connectivity index (χ3v) is 10.8. The number of hydrogen-bond donors (Lipinski definition) is 1. The van der Waals surface area contributed by atoms with Gasteiger partial charge in [-0.2, -0.15) is 0 Å². The lowest BCUT2D eigenvalue weighted by atomic mass is 9.47. The second-order valence-electron chi connectivity index (χ2n) is 12.9. The maximum atomic E-state index is 11.9. The summed E-state index contributed by atoms with van der Waals surface area (Å²) < 4.78 is 5.67. The maximum Gasteiger partial charge on any atom is 0.411 e. The van der Waals surface area contributed by atoms with Gasteiger partial charge < -0.3 is 4.74 Å². The Balaban J connectivity index is 1.44. The first kappa shape index (κ1) is 24.9. The van der Waals surface area contributed by atoms with Gasteiger partial charge in [-0.25, -0.2) is 4.79 Å². The van der Waals surface area contributed by atoms with Crippen molar-refractivity contribution < 1.29 is 9.53 Å². The summed E-state index contributed by atoms with van der Waals surface area (Å²) in [5, 5.41) is 2.56. The second kappa shape index (κ2) is 9.78. The molecule has 4 aliphatic rings. The zero-order chi connectivity index (χ0) is 23.8. The van der Waals surface area contributed by atoms with E-state index in [1.54, 1.807) is 5.57 Å². The minimum absolute atomic E-state index is 0.0113. The van der Waals surface area contributed by atoms with Gasteiger partial charge >= 0.3 is 6.09 Å². The molecule has 0 aliphatic heterocycles. The first-order chi connectivity index (χ1) is 15.7. The predicted octanol–water partition coefficient (Wildman–Crippen LogP) is 8.27. The van der Waals surface area contributed by atoms with Gasteiger partial charge in [0.1, 0.15) is 6.10 Å². The van der Waals surface area contributed by atoms with Crippen LogP contribution in [0.1, 0.15) is 105 Å². The lowest BCUT2D eigenvalue weighted by Gasteiger charge is -2.58. The number of carbonyl (C=O) groups excluding carboxylic acids is 1. The Morgan fingerprint density at radius 2 is 1.94 bits per heavy atom. The van der Waals surface area contributed by atoms with Crippen LogP contribution in [0.25, 0.3) is 0 Å². The molecular weight excluding hydrogens is 406 g/mol. The SMILES string of the molecule is C=CNC(=O)OC1CC[C@@]2(C)C(=CCC3C2CC[C@@]2(C)C3CC[C@@H]2[C@H](C)CCCC(C)C)C1. The van der Waals surface area contributed by atoms with Crippen molar-refractivity contribution in [2.75, 3.05) is 0 Å². The fourth-order valence-corrected chi connectivity index (χ4v) is 9.02. The molecule has 3 nitrogen and oxygen atoms in total. The van der Waals surface area contributed by atoms with Crippen molar-refractivity contribution in [1.29, 1.82) is 0 Å². The molecule has 4 rings (SSSR count). The third-order valence-electron chi connectivity index (χ3n) is 10.8. The molecule has 3 heteroatoms. The summed E-state index contributed by atoms with van der Waals surface area (Å²) in [4.78, 5) is 11.9. The van der Waals surface area contributed by atoms with E-state index < -0.39 is 0 Å². The van der Waals surface area contributed by atoms with Crippen molar-refractivity contribution in [2.45, 2.75) is 111 Å². The van der Waals surface area contributed by atoms with E-state index >= 15 is 0 Å². The van der Waals surface area contributed by atoms with Gasteiger partial charge in [-0.1, -0.05) is 72.1 Å². The topological polar surface area (TPSA) is 38.3 Å². The van der Waals surface area contributed by atoms with E-state index in [9.17, 15) is 4.79 Å². The number of carbonyl (C=O) groups is 1. The van der Waals surface area contributed by atoms with Gasteiger partial charge in [0.15, 0.2) is 0 Å². The van der Waals surface area contributed by atoms with Crippen LogP contribution < -0.4 is 5.32 Å². The van der Waals surface area contributed by atoms with Crippen LogP contribution in [0, 0.1) is 46.3 Å². The molecule has 1 N–H and O–H groups in total. The summed E-state index contributed by atoms with van der Waals surface area (Å²) in [5.41, 5.74) is 2.43. The molecule has 4 aliphatic carbocycles. The van der Waals surface area contributed by atoms with E-state index in [0.717, 1.165) is 54.8 Å². The van der Waals surface area contributed by atoms with Crippen molar-refractivity contribution in [1.82, 2.24) is 5.32 Å². The molecule has 3 saturated carbocycles. The van der Waals surface area contributed by atoms with Gasteiger partial charge in [0.2, 0.25) is 0 Å². The van der Waals surface area contributed by atoms with Crippen LogP contribution in [-0.2, 0) is 4.74 Å². The van der Waals surface area contributed by atoms with Gasteiger partial charge in [-0.3, -0.25) is 5.32 Å². The standard InChI is InChI=1S/C30H49NO2/c1-7-31-28(32)33-23-15-17-29(5)22(19-23)11-12-24-26-14-13-25(21(4)10-8-9-20(2)3)30(26,6)18-16-27(24)29/h7,11,20-21,23-27H,1,8-10,12-19H2,2-6H3,(H,31,32)/t21-,23?,24?,25-,26?,27?,29+,30-/m1/s1. The van der Waals surface area contributed by atoms with Crippen molar-refractivity contribution in [3.8, 4) is 0 Å². The Labute approximate surface area is 203 Å². The Bertz CT molecular complexity index is 756. The molecule has 0 bridgehead atoms. The fraction of sp³-hybridized carbons (Fsp3) is 0.833. The summed E-state index contributed by atoms with van der Waals surface area (Å²) >= 11 is 0. The zero-order valence-electron chi connectivity index (χ0n) is 22.0. The smallest absolute Gasteiger partial charge is 0.411 e. The molecule has 0 aromatic carbocycles. The molecule has 3 fully saturated rings. The Hall–Kier alpha value is -1.25. The minimum atomic E-state index is -0.360. The van der Waals surface area contributed by atoms with Crippen molar-refractivity contribution in [2.24, 2.45) is 46.3 Å². The predicted molar refractivity (Wildman–Crippen MR) is 137 cm³/mol. The van der Waals surface area contributed by atoms with Crippen LogP contribution in [0.3, 0.4) is 0 Å². The number of fused-ring (bicyclic) bond motifs is 5. The summed E-state index contributed by atoms with van der Waals surface area (Å²) in [5.74, 6) is 5.19. The molecule has 0 heterocycles. The molecule has 0 spiro atoms. The molecule has 4 unspecified atom stereocenters. The number of rotatable bonds is 7. The van der Waals surface area contributed by atoms with E-state index in [2.05, 4.69) is 52.6 Å². The van der Waals surface area contributed by atoms with Crippen molar-refractivity contribution in [3.63, 3.8) is 0 Å². The lowest BCUT2D eigenvalue weighted by molar-refractivity contribution is -0.0580. The minimum Gasteiger partial charge on any atom is -0.446 e. The Morgan fingerprint density at radius 3 is 2.67 bits per heavy atom. The average molecular weight is 456 g/mol. The average Bonchev–Trinajstić information content (AvgIpc) is 3.11. The van der Waals surface area contributed by atoms with E-state index in [1.807, 2.05) is 0 Å². The number of ether oxygens (including phenoxy) is 1. The van der Waals surface area contributed by atoms with E-state index in [1.165, 1.54) is 57.6 Å². The highest BCUT2D eigenvalue weighted by Crippen LogP contribution is 2.67. The van der Waals surface area contributed by atoms with Gasteiger partial charge in [0.25, 0.3) is 0 Å². The van der Waals surface area contributed by atoms with Crippen LogP contribution in [0.15, 0.2) is 24.4 Å². The van der Waals surface area contributed by atoms with Gasteiger partial charge in [0, 0.05) is 6.42 Å². The Morgan fingerprint density at radius 1 is 1.15 bits per heavy atom. The second-order valence-corrected chi connectivity index (χ2v) is 12.9. The molecule has 0 aromatic heterocycles. The van der Waals surface area contributed by atoms with E-state index in [4.69, 9.17) is 4.74 Å². The van der Waals surface area contributed by atoms with E-state index in [0.29, 0.717) is 10.8 Å². The van der Waals surface area contributed by atoms with Crippen LogP contribution in [0.4, 0.5) is 4.79 Å². The van der Waals surface area contributed by atoms with Gasteiger partial charge in [0.05, 0.1) is 0 Å². The summed E-state index contributed by atoms with van der Waals surface area (Å²) in [7, 11) is 0. The maximum absolute atomic E-state index is 11.9. The monoisotopic (exact) mass is 455 g/mol. The molecule has 33 heavy (non-hydrogen) atoms. The van der Waals surface area contributed by atoms with Crippen molar-refractivity contribution in [3.05, 3.63) is 24.4 Å². The molecule has 0 radical (unpaired) electrons. The van der Waals surface area contributed by atoms with E-state index in [-0.39, 0.29) is 12.2 Å². The van der Waals surface area contributed by atoms with Crippen LogP contribution in [0.2, 0.25) is 0 Å². The van der Waals surface area contributed by atoms with Crippen molar-refractivity contribution >= 4 is 6.09 Å². The van der Waals surface area contributed by atoms with Crippen LogP contribution in [0.5, 0.6) is 0 Å². The molecule has 186 valence electrons.